The van der Waals surface area contributed by atoms with Gasteiger partial charge in [0.2, 0.25) is 15.7 Å². The number of hydrogen-bond donors (Lipinski definition) is 1. The van der Waals surface area contributed by atoms with Crippen LogP contribution in [0.5, 0.6) is 5.88 Å². The van der Waals surface area contributed by atoms with Gasteiger partial charge in [0, 0.05) is 18.0 Å². The molecule has 0 spiro atoms. The summed E-state index contributed by atoms with van der Waals surface area (Å²) in [6.07, 6.45) is 3.06. The van der Waals surface area contributed by atoms with Crippen molar-refractivity contribution in [3.8, 4) is 29.1 Å². The summed E-state index contributed by atoms with van der Waals surface area (Å²) in [5.41, 5.74) is 1.48. The molecule has 0 fully saturated rings. The minimum atomic E-state index is -4.54. The molecule has 11 heteroatoms. The summed E-state index contributed by atoms with van der Waals surface area (Å²) in [6, 6.07) is 17.4. The minimum Gasteiger partial charge on any atom is -0.492 e. The van der Waals surface area contributed by atoms with E-state index in [1.165, 1.54) is 41.2 Å². The van der Waals surface area contributed by atoms with E-state index in [-0.39, 0.29) is 23.4 Å². The molecule has 41 heavy (non-hydrogen) atoms. The van der Waals surface area contributed by atoms with Crippen molar-refractivity contribution in [1.29, 1.82) is 10.5 Å². The van der Waals surface area contributed by atoms with E-state index in [0.717, 1.165) is 0 Å². The Balaban J connectivity index is 1.88. The average molecular weight is 570 g/mol. The molecule has 4 aromatic rings. The molecule has 10 nitrogen and oxygen atoms in total. The molecule has 2 heterocycles. The molecule has 0 amide bonds. The largest absolute Gasteiger partial charge is 0.492 e. The van der Waals surface area contributed by atoms with Crippen molar-refractivity contribution in [2.24, 2.45) is 0 Å². The van der Waals surface area contributed by atoms with Crippen LogP contribution in [0.15, 0.2) is 81.6 Å². The van der Waals surface area contributed by atoms with Gasteiger partial charge in [0.15, 0.2) is 4.90 Å². The zero-order valence-electron chi connectivity index (χ0n) is 22.6. The molecular formula is C30H27N5O5S. The van der Waals surface area contributed by atoms with Gasteiger partial charge in [0.1, 0.15) is 18.5 Å². The molecule has 0 unspecified atom stereocenters. The smallest absolute Gasteiger partial charge is 0.277 e. The number of rotatable bonds is 9. The Kier molecular flexibility index (Phi) is 8.62. The highest BCUT2D eigenvalue weighted by molar-refractivity contribution is 7.91. The van der Waals surface area contributed by atoms with Gasteiger partial charge in [-0.1, -0.05) is 31.2 Å². The maximum Gasteiger partial charge on any atom is 0.277 e. The fourth-order valence-corrected chi connectivity index (χ4v) is 5.84. The number of aromatic nitrogens is 3. The SMILES string of the molecule is CC[C@@H](c1cccc(C#N)c1)n1c(COC(C)C)nc(O)c(S(=O)(=O)c2ccc(-c3ccncc3C#N)cc2)c1=O. The van der Waals surface area contributed by atoms with E-state index in [9.17, 15) is 28.8 Å². The second-order valence-electron chi connectivity index (χ2n) is 9.44. The van der Waals surface area contributed by atoms with Crippen molar-refractivity contribution in [2.75, 3.05) is 0 Å². The number of nitrogens with zero attached hydrogens (tertiary/aromatic N) is 5. The van der Waals surface area contributed by atoms with Gasteiger partial charge in [-0.25, -0.2) is 8.42 Å². The molecule has 0 aliphatic carbocycles. The fraction of sp³-hybridized carbons (Fsp3) is 0.233. The predicted octanol–water partition coefficient (Wildman–Crippen LogP) is 4.51. The zero-order valence-corrected chi connectivity index (χ0v) is 23.5. The van der Waals surface area contributed by atoms with Gasteiger partial charge in [-0.05, 0) is 61.7 Å². The van der Waals surface area contributed by atoms with Crippen LogP contribution in [0.1, 0.15) is 55.7 Å². The lowest BCUT2D eigenvalue weighted by molar-refractivity contribution is 0.0573. The highest BCUT2D eigenvalue weighted by atomic mass is 32.2. The Labute approximate surface area is 237 Å². The predicted molar refractivity (Wildman–Crippen MR) is 150 cm³/mol. The van der Waals surface area contributed by atoms with Crippen molar-refractivity contribution in [3.05, 3.63) is 99.9 Å². The molecule has 208 valence electrons. The second kappa shape index (κ2) is 12.1. The van der Waals surface area contributed by atoms with E-state index in [0.29, 0.717) is 34.2 Å². The lowest BCUT2D eigenvalue weighted by atomic mass is 10.0. The van der Waals surface area contributed by atoms with E-state index >= 15 is 0 Å². The Morgan fingerprint density at radius 1 is 1.07 bits per heavy atom. The first-order valence-electron chi connectivity index (χ1n) is 12.8. The second-order valence-corrected chi connectivity index (χ2v) is 11.3. The third-order valence-corrected chi connectivity index (χ3v) is 8.25. The van der Waals surface area contributed by atoms with Gasteiger partial charge < -0.3 is 9.84 Å². The zero-order chi connectivity index (χ0) is 29.7. The Morgan fingerprint density at radius 3 is 2.44 bits per heavy atom. The minimum absolute atomic E-state index is 0.0476. The normalized spacial score (nSPS) is 12.0. The van der Waals surface area contributed by atoms with Crippen LogP contribution in [0.3, 0.4) is 0 Å². The van der Waals surface area contributed by atoms with Crippen molar-refractivity contribution < 1.29 is 18.3 Å². The molecule has 0 aliphatic rings. The lowest BCUT2D eigenvalue weighted by Crippen LogP contribution is -2.34. The first-order chi connectivity index (χ1) is 19.6. The molecule has 4 rings (SSSR count). The third kappa shape index (κ3) is 5.87. The molecule has 2 aromatic heterocycles. The third-order valence-electron chi connectivity index (χ3n) is 6.46. The molecule has 0 saturated heterocycles. The van der Waals surface area contributed by atoms with E-state index in [2.05, 4.69) is 22.1 Å². The molecule has 2 aromatic carbocycles. The van der Waals surface area contributed by atoms with Gasteiger partial charge >= 0.3 is 0 Å². The molecule has 0 bridgehead atoms. The van der Waals surface area contributed by atoms with E-state index in [4.69, 9.17) is 4.74 Å². The quantitative estimate of drug-likeness (QED) is 0.306. The topological polar surface area (TPSA) is 159 Å². The summed E-state index contributed by atoms with van der Waals surface area (Å²) in [5.74, 6) is -0.884. The van der Waals surface area contributed by atoms with Crippen molar-refractivity contribution >= 4 is 9.84 Å². The Hall–Kier alpha value is -4.84. The van der Waals surface area contributed by atoms with E-state index < -0.39 is 32.2 Å². The number of benzene rings is 2. The average Bonchev–Trinajstić information content (AvgIpc) is 2.97. The first-order valence-corrected chi connectivity index (χ1v) is 14.3. The van der Waals surface area contributed by atoms with Gasteiger partial charge in [-0.2, -0.15) is 15.5 Å². The van der Waals surface area contributed by atoms with Crippen LogP contribution in [0.4, 0.5) is 0 Å². The maximum atomic E-state index is 14.0. The number of nitriles is 2. The number of pyridine rings is 1. The molecule has 1 atom stereocenters. The highest BCUT2D eigenvalue weighted by Gasteiger charge is 2.32. The first kappa shape index (κ1) is 29.2. The lowest BCUT2D eigenvalue weighted by Gasteiger charge is -2.24. The molecule has 0 saturated carbocycles. The van der Waals surface area contributed by atoms with Crippen LogP contribution in [0.2, 0.25) is 0 Å². The van der Waals surface area contributed by atoms with Gasteiger partial charge in [-0.3, -0.25) is 14.3 Å². The highest BCUT2D eigenvalue weighted by Crippen LogP contribution is 2.30. The van der Waals surface area contributed by atoms with Crippen LogP contribution in [-0.4, -0.2) is 34.2 Å². The van der Waals surface area contributed by atoms with Gasteiger partial charge in [0.25, 0.3) is 5.56 Å². The van der Waals surface area contributed by atoms with E-state index in [1.54, 1.807) is 44.2 Å². The van der Waals surface area contributed by atoms with Gasteiger partial charge in [-0.15, -0.1) is 0 Å². The van der Waals surface area contributed by atoms with Crippen LogP contribution < -0.4 is 5.56 Å². The van der Waals surface area contributed by atoms with Crippen LogP contribution in [0.25, 0.3) is 11.1 Å². The van der Waals surface area contributed by atoms with Crippen molar-refractivity contribution in [1.82, 2.24) is 14.5 Å². The fourth-order valence-electron chi connectivity index (χ4n) is 4.50. The Morgan fingerprint density at radius 2 is 1.80 bits per heavy atom. The van der Waals surface area contributed by atoms with Crippen LogP contribution in [0, 0.1) is 22.7 Å². The molecule has 0 aliphatic heterocycles. The van der Waals surface area contributed by atoms with Crippen molar-refractivity contribution in [3.63, 3.8) is 0 Å². The molecule has 0 radical (unpaired) electrons. The van der Waals surface area contributed by atoms with Crippen LogP contribution >= 0.6 is 0 Å². The number of ether oxygens (including phenoxy) is 1. The number of sulfone groups is 1. The van der Waals surface area contributed by atoms with Gasteiger partial charge in [0.05, 0.1) is 34.2 Å². The molecule has 1 N–H and O–H groups in total. The Bertz CT molecular complexity index is 1840. The summed E-state index contributed by atoms with van der Waals surface area (Å²) in [7, 11) is -4.54. The van der Waals surface area contributed by atoms with Crippen LogP contribution in [-0.2, 0) is 21.2 Å². The maximum absolute atomic E-state index is 14.0. The molecular weight excluding hydrogens is 542 g/mol. The number of hydrogen-bond acceptors (Lipinski definition) is 9. The number of aromatic hydroxyl groups is 1. The summed E-state index contributed by atoms with van der Waals surface area (Å²) >= 11 is 0. The summed E-state index contributed by atoms with van der Waals surface area (Å²) in [4.78, 5) is 21.0. The summed E-state index contributed by atoms with van der Waals surface area (Å²) in [5, 5.41) is 29.6. The summed E-state index contributed by atoms with van der Waals surface area (Å²) in [6.45, 7) is 5.25. The van der Waals surface area contributed by atoms with Crippen molar-refractivity contribution in [2.45, 2.75) is 55.7 Å². The standard InChI is InChI=1S/C30H27N5O5S/c1-4-26(22-7-5-6-20(14-22)15-31)35-27(18-40-19(2)3)34-29(36)28(30(35)37)41(38,39)24-10-8-21(9-11-24)25-12-13-33-17-23(25)16-32/h5-14,17,19,26,36H,4,18H2,1-3H3/t26-/m0/s1. The van der Waals surface area contributed by atoms with E-state index in [1.807, 2.05) is 6.92 Å². The monoisotopic (exact) mass is 569 g/mol. The summed E-state index contributed by atoms with van der Waals surface area (Å²) < 4.78 is 34.4.